The van der Waals surface area contributed by atoms with Crippen molar-refractivity contribution in [3.05, 3.63) is 24.0 Å². The number of hydrogen-bond donors (Lipinski definition) is 3. The van der Waals surface area contributed by atoms with Crippen molar-refractivity contribution in [2.75, 3.05) is 18.5 Å². The molecule has 18 heavy (non-hydrogen) atoms. The van der Waals surface area contributed by atoms with Gasteiger partial charge in [-0.05, 0) is 25.0 Å². The van der Waals surface area contributed by atoms with Gasteiger partial charge >= 0.3 is 0 Å². The zero-order valence-electron chi connectivity index (χ0n) is 11.1. The average molecular weight is 251 g/mol. The number of aromatic nitrogens is 1. The molecule has 1 aromatic heterocycles. The molecule has 0 aliphatic carbocycles. The molecule has 3 N–H and O–H groups in total. The number of carbonyl (C=O) groups is 1. The minimum atomic E-state index is -0.189. The highest BCUT2D eigenvalue weighted by molar-refractivity contribution is 5.93. The molecule has 1 aromatic rings. The van der Waals surface area contributed by atoms with Gasteiger partial charge in [0.25, 0.3) is 5.91 Å². The minimum Gasteiger partial charge on any atom is -0.394 e. The van der Waals surface area contributed by atoms with Crippen LogP contribution in [-0.4, -0.2) is 35.2 Å². The Kier molecular flexibility index (Phi) is 5.58. The van der Waals surface area contributed by atoms with Crippen LogP contribution in [0.4, 0.5) is 5.69 Å². The van der Waals surface area contributed by atoms with E-state index in [0.29, 0.717) is 18.2 Å². The Morgan fingerprint density at radius 2 is 2.22 bits per heavy atom. The lowest BCUT2D eigenvalue weighted by Gasteiger charge is -2.21. The molecule has 0 aliphatic heterocycles. The Labute approximate surface area is 108 Å². The summed E-state index contributed by atoms with van der Waals surface area (Å²) in [5, 5.41) is 15.2. The SMILES string of the molecule is CCNC(=O)c1cc(N[C@H](CO)C(C)C)ccn1. The van der Waals surface area contributed by atoms with Gasteiger partial charge in [0.1, 0.15) is 5.69 Å². The van der Waals surface area contributed by atoms with Crippen LogP contribution in [-0.2, 0) is 0 Å². The van der Waals surface area contributed by atoms with Gasteiger partial charge in [-0.1, -0.05) is 13.8 Å². The third-order valence-corrected chi connectivity index (χ3v) is 2.68. The number of hydrogen-bond acceptors (Lipinski definition) is 4. The summed E-state index contributed by atoms with van der Waals surface area (Å²) in [4.78, 5) is 15.7. The molecule has 0 spiro atoms. The Hall–Kier alpha value is -1.62. The van der Waals surface area contributed by atoms with E-state index in [2.05, 4.69) is 15.6 Å². The lowest BCUT2D eigenvalue weighted by molar-refractivity contribution is 0.0951. The third-order valence-electron chi connectivity index (χ3n) is 2.68. The van der Waals surface area contributed by atoms with Crippen LogP contribution in [0, 0.1) is 5.92 Å². The number of pyridine rings is 1. The highest BCUT2D eigenvalue weighted by atomic mass is 16.3. The highest BCUT2D eigenvalue weighted by Crippen LogP contribution is 2.13. The summed E-state index contributed by atoms with van der Waals surface area (Å²) in [6, 6.07) is 3.44. The van der Waals surface area contributed by atoms with Crippen molar-refractivity contribution in [2.45, 2.75) is 26.8 Å². The van der Waals surface area contributed by atoms with Gasteiger partial charge in [-0.15, -0.1) is 0 Å². The van der Waals surface area contributed by atoms with Gasteiger partial charge in [0.2, 0.25) is 0 Å². The van der Waals surface area contributed by atoms with Gasteiger partial charge < -0.3 is 15.7 Å². The van der Waals surface area contributed by atoms with Crippen LogP contribution in [0.15, 0.2) is 18.3 Å². The van der Waals surface area contributed by atoms with E-state index >= 15 is 0 Å². The second-order valence-electron chi connectivity index (χ2n) is 4.47. The molecule has 0 radical (unpaired) electrons. The van der Waals surface area contributed by atoms with E-state index in [1.807, 2.05) is 20.8 Å². The smallest absolute Gasteiger partial charge is 0.269 e. The van der Waals surface area contributed by atoms with Crippen LogP contribution in [0.5, 0.6) is 0 Å². The number of amides is 1. The molecule has 0 saturated carbocycles. The minimum absolute atomic E-state index is 0.0329. The number of aliphatic hydroxyl groups excluding tert-OH is 1. The van der Waals surface area contributed by atoms with E-state index in [9.17, 15) is 9.90 Å². The van der Waals surface area contributed by atoms with Crippen LogP contribution in [0.25, 0.3) is 0 Å². The molecule has 0 fully saturated rings. The van der Waals surface area contributed by atoms with Crippen LogP contribution in [0.1, 0.15) is 31.3 Å². The fourth-order valence-electron chi connectivity index (χ4n) is 1.53. The standard InChI is InChI=1S/C13H21N3O2/c1-4-14-13(18)11-7-10(5-6-15-11)16-12(8-17)9(2)3/h5-7,9,12,17H,4,8H2,1-3H3,(H,14,18)(H,15,16)/t12-/m1/s1. The summed E-state index contributed by atoms with van der Waals surface area (Å²) < 4.78 is 0. The highest BCUT2D eigenvalue weighted by Gasteiger charge is 2.13. The number of nitrogens with zero attached hydrogens (tertiary/aromatic N) is 1. The largest absolute Gasteiger partial charge is 0.394 e. The molecular weight excluding hydrogens is 230 g/mol. The van der Waals surface area contributed by atoms with Crippen LogP contribution >= 0.6 is 0 Å². The summed E-state index contributed by atoms with van der Waals surface area (Å²) in [7, 11) is 0. The number of aliphatic hydroxyl groups is 1. The molecule has 0 unspecified atom stereocenters. The maximum Gasteiger partial charge on any atom is 0.269 e. The number of nitrogens with one attached hydrogen (secondary N) is 2. The van der Waals surface area contributed by atoms with Crippen LogP contribution in [0.3, 0.4) is 0 Å². The maximum absolute atomic E-state index is 11.6. The second-order valence-corrected chi connectivity index (χ2v) is 4.47. The van der Waals surface area contributed by atoms with Crippen molar-refractivity contribution in [1.82, 2.24) is 10.3 Å². The van der Waals surface area contributed by atoms with Crippen molar-refractivity contribution in [3.8, 4) is 0 Å². The molecule has 0 aromatic carbocycles. The molecular formula is C13H21N3O2. The second kappa shape index (κ2) is 6.96. The monoisotopic (exact) mass is 251 g/mol. The van der Waals surface area contributed by atoms with Gasteiger partial charge in [0, 0.05) is 18.4 Å². The van der Waals surface area contributed by atoms with Crippen molar-refractivity contribution in [2.24, 2.45) is 5.92 Å². The van der Waals surface area contributed by atoms with Crippen molar-refractivity contribution in [1.29, 1.82) is 0 Å². The summed E-state index contributed by atoms with van der Waals surface area (Å²) in [6.45, 7) is 6.54. The molecule has 0 saturated heterocycles. The van der Waals surface area contributed by atoms with E-state index < -0.39 is 0 Å². The molecule has 5 heteroatoms. The summed E-state index contributed by atoms with van der Waals surface area (Å²) in [6.07, 6.45) is 1.58. The predicted octanol–water partition coefficient (Wildman–Crippen LogP) is 1.26. The van der Waals surface area contributed by atoms with E-state index in [1.165, 1.54) is 0 Å². The molecule has 0 bridgehead atoms. The topological polar surface area (TPSA) is 74.2 Å². The van der Waals surface area contributed by atoms with Gasteiger partial charge in [-0.3, -0.25) is 9.78 Å². The quantitative estimate of drug-likeness (QED) is 0.711. The fraction of sp³-hybridized carbons (Fsp3) is 0.538. The molecule has 1 amide bonds. The average Bonchev–Trinajstić information content (AvgIpc) is 2.36. The number of anilines is 1. The normalized spacial score (nSPS) is 12.3. The van der Waals surface area contributed by atoms with Gasteiger partial charge in [-0.2, -0.15) is 0 Å². The van der Waals surface area contributed by atoms with Crippen molar-refractivity contribution >= 4 is 11.6 Å². The van der Waals surface area contributed by atoms with E-state index in [4.69, 9.17) is 0 Å². The molecule has 1 heterocycles. The van der Waals surface area contributed by atoms with Crippen molar-refractivity contribution in [3.63, 3.8) is 0 Å². The number of carbonyl (C=O) groups excluding carboxylic acids is 1. The lowest BCUT2D eigenvalue weighted by atomic mass is 10.1. The first-order valence-corrected chi connectivity index (χ1v) is 6.20. The van der Waals surface area contributed by atoms with Crippen LogP contribution < -0.4 is 10.6 Å². The van der Waals surface area contributed by atoms with Crippen LogP contribution in [0.2, 0.25) is 0 Å². The van der Waals surface area contributed by atoms with E-state index in [1.54, 1.807) is 18.3 Å². The molecule has 1 atom stereocenters. The Bertz CT molecular complexity index is 394. The Morgan fingerprint density at radius 3 is 2.78 bits per heavy atom. The summed E-state index contributed by atoms with van der Waals surface area (Å²) in [5.74, 6) is 0.113. The van der Waals surface area contributed by atoms with Gasteiger partial charge in [0.15, 0.2) is 0 Å². The number of rotatable bonds is 6. The van der Waals surface area contributed by atoms with Crippen molar-refractivity contribution < 1.29 is 9.90 Å². The molecule has 0 aliphatic rings. The molecule has 100 valence electrons. The van der Waals surface area contributed by atoms with E-state index in [0.717, 1.165) is 5.69 Å². The van der Waals surface area contributed by atoms with Gasteiger partial charge in [-0.25, -0.2) is 0 Å². The first-order valence-electron chi connectivity index (χ1n) is 6.20. The molecule has 1 rings (SSSR count). The Morgan fingerprint density at radius 1 is 1.50 bits per heavy atom. The zero-order chi connectivity index (χ0) is 13.5. The predicted molar refractivity (Wildman–Crippen MR) is 71.6 cm³/mol. The summed E-state index contributed by atoms with van der Waals surface area (Å²) >= 11 is 0. The zero-order valence-corrected chi connectivity index (χ0v) is 11.1. The van der Waals surface area contributed by atoms with E-state index in [-0.39, 0.29) is 18.6 Å². The van der Waals surface area contributed by atoms with Gasteiger partial charge in [0.05, 0.1) is 12.6 Å². The first kappa shape index (κ1) is 14.4. The maximum atomic E-state index is 11.6. The molecule has 5 nitrogen and oxygen atoms in total. The fourth-order valence-corrected chi connectivity index (χ4v) is 1.53. The lowest BCUT2D eigenvalue weighted by Crippen LogP contribution is -2.30. The summed E-state index contributed by atoms with van der Waals surface area (Å²) in [5.41, 5.74) is 1.17. The first-order chi connectivity index (χ1) is 8.58. The third kappa shape index (κ3) is 4.00. The Balaban J connectivity index is 2.78.